The van der Waals surface area contributed by atoms with Gasteiger partial charge in [0.1, 0.15) is 6.33 Å². The van der Waals surface area contributed by atoms with Crippen molar-refractivity contribution in [3.63, 3.8) is 0 Å². The molecule has 0 aromatic carbocycles. The highest BCUT2D eigenvalue weighted by Gasteiger charge is 2.23. The van der Waals surface area contributed by atoms with Crippen LogP contribution in [0.2, 0.25) is 0 Å². The minimum absolute atomic E-state index is 0.0127. The number of nitrogens with zero attached hydrogens (tertiary/aromatic N) is 3. The molecule has 1 aromatic rings. The average molecular weight is 220 g/mol. The Balaban J connectivity index is 2.05. The number of nitrogens with two attached hydrogens (primary N) is 1. The minimum Gasteiger partial charge on any atom is -0.338 e. The van der Waals surface area contributed by atoms with E-state index in [2.05, 4.69) is 9.97 Å². The molecule has 2 rings (SSSR count). The van der Waals surface area contributed by atoms with E-state index in [0.29, 0.717) is 18.0 Å². The second-order valence-corrected chi connectivity index (χ2v) is 4.12. The van der Waals surface area contributed by atoms with Gasteiger partial charge in [0.15, 0.2) is 0 Å². The van der Waals surface area contributed by atoms with Crippen molar-refractivity contribution in [3.8, 4) is 0 Å². The molecule has 1 unspecified atom stereocenters. The molecule has 86 valence electrons. The molecule has 1 aliphatic rings. The Bertz CT molecular complexity index is 354. The number of amides is 1. The van der Waals surface area contributed by atoms with E-state index in [-0.39, 0.29) is 5.91 Å². The Morgan fingerprint density at radius 3 is 2.94 bits per heavy atom. The molecule has 0 aliphatic carbocycles. The fourth-order valence-electron chi connectivity index (χ4n) is 2.03. The third-order valence-corrected chi connectivity index (χ3v) is 2.95. The van der Waals surface area contributed by atoms with Crippen LogP contribution in [0.5, 0.6) is 0 Å². The van der Waals surface area contributed by atoms with E-state index in [4.69, 9.17) is 5.73 Å². The van der Waals surface area contributed by atoms with E-state index in [1.807, 2.05) is 4.90 Å². The topological polar surface area (TPSA) is 72.1 Å². The third kappa shape index (κ3) is 2.36. The highest BCUT2D eigenvalue weighted by Crippen LogP contribution is 2.17. The minimum atomic E-state index is 0.0127. The first-order valence-corrected chi connectivity index (χ1v) is 5.55. The van der Waals surface area contributed by atoms with Gasteiger partial charge in [0.05, 0.1) is 5.56 Å². The molecular weight excluding hydrogens is 204 g/mol. The van der Waals surface area contributed by atoms with Crippen molar-refractivity contribution in [1.82, 2.24) is 14.9 Å². The summed E-state index contributed by atoms with van der Waals surface area (Å²) < 4.78 is 0. The van der Waals surface area contributed by atoms with Gasteiger partial charge in [-0.1, -0.05) is 0 Å². The number of likely N-dealkylation sites (tertiary alicyclic amines) is 1. The Morgan fingerprint density at radius 2 is 2.25 bits per heavy atom. The van der Waals surface area contributed by atoms with Crippen LogP contribution in [0, 0.1) is 5.92 Å². The predicted octanol–water partition coefficient (Wildman–Crippen LogP) is 0.287. The predicted molar refractivity (Wildman–Crippen MR) is 59.7 cm³/mol. The number of piperidine rings is 1. The molecular formula is C11H16N4O. The number of hydrogen-bond acceptors (Lipinski definition) is 4. The summed E-state index contributed by atoms with van der Waals surface area (Å²) in [6.07, 6.45) is 6.69. The van der Waals surface area contributed by atoms with Crippen LogP contribution < -0.4 is 5.73 Å². The van der Waals surface area contributed by atoms with Gasteiger partial charge < -0.3 is 10.6 Å². The second-order valence-electron chi connectivity index (χ2n) is 4.12. The third-order valence-electron chi connectivity index (χ3n) is 2.95. The maximum absolute atomic E-state index is 12.1. The normalized spacial score (nSPS) is 20.8. The molecule has 2 heterocycles. The maximum atomic E-state index is 12.1. The van der Waals surface area contributed by atoms with E-state index >= 15 is 0 Å². The number of rotatable bonds is 2. The summed E-state index contributed by atoms with van der Waals surface area (Å²) in [5.41, 5.74) is 6.20. The van der Waals surface area contributed by atoms with Gasteiger partial charge in [-0.05, 0) is 25.3 Å². The summed E-state index contributed by atoms with van der Waals surface area (Å²) in [4.78, 5) is 21.6. The van der Waals surface area contributed by atoms with Crippen LogP contribution in [0.1, 0.15) is 23.2 Å². The molecule has 0 spiro atoms. The molecule has 0 radical (unpaired) electrons. The molecule has 1 fully saturated rings. The van der Waals surface area contributed by atoms with E-state index in [9.17, 15) is 4.79 Å². The maximum Gasteiger partial charge on any atom is 0.256 e. The van der Waals surface area contributed by atoms with Crippen molar-refractivity contribution in [2.45, 2.75) is 12.8 Å². The lowest BCUT2D eigenvalue weighted by Gasteiger charge is -2.32. The standard InChI is InChI=1S/C11H16N4O/c12-4-9-2-1-3-15(7-9)11(16)10-5-13-8-14-6-10/h5-6,8-9H,1-4,7,12H2. The van der Waals surface area contributed by atoms with Crippen LogP contribution in [0.15, 0.2) is 18.7 Å². The molecule has 0 saturated carbocycles. The fourth-order valence-corrected chi connectivity index (χ4v) is 2.03. The number of carbonyl (C=O) groups excluding carboxylic acids is 1. The van der Waals surface area contributed by atoms with Gasteiger partial charge in [0.25, 0.3) is 5.91 Å². The highest BCUT2D eigenvalue weighted by atomic mass is 16.2. The highest BCUT2D eigenvalue weighted by molar-refractivity contribution is 5.93. The Kier molecular flexibility index (Phi) is 3.46. The Labute approximate surface area is 94.7 Å². The van der Waals surface area contributed by atoms with Crippen molar-refractivity contribution >= 4 is 5.91 Å². The van der Waals surface area contributed by atoms with Gasteiger partial charge >= 0.3 is 0 Å². The number of hydrogen-bond donors (Lipinski definition) is 1. The number of carbonyl (C=O) groups is 1. The molecule has 1 aliphatic heterocycles. The van der Waals surface area contributed by atoms with Crippen molar-refractivity contribution < 1.29 is 4.79 Å². The molecule has 2 N–H and O–H groups in total. The number of aromatic nitrogens is 2. The zero-order valence-electron chi connectivity index (χ0n) is 9.17. The molecule has 1 amide bonds. The fraction of sp³-hybridized carbons (Fsp3) is 0.545. The van der Waals surface area contributed by atoms with E-state index < -0.39 is 0 Å². The van der Waals surface area contributed by atoms with Gasteiger partial charge in [-0.2, -0.15) is 0 Å². The van der Waals surface area contributed by atoms with Gasteiger partial charge in [0, 0.05) is 25.5 Å². The summed E-state index contributed by atoms with van der Waals surface area (Å²) >= 11 is 0. The molecule has 5 nitrogen and oxygen atoms in total. The lowest BCUT2D eigenvalue weighted by molar-refractivity contribution is 0.0677. The first-order valence-electron chi connectivity index (χ1n) is 5.55. The van der Waals surface area contributed by atoms with E-state index in [0.717, 1.165) is 25.9 Å². The van der Waals surface area contributed by atoms with Gasteiger partial charge in [-0.15, -0.1) is 0 Å². The van der Waals surface area contributed by atoms with Gasteiger partial charge in [-0.25, -0.2) is 9.97 Å². The van der Waals surface area contributed by atoms with Crippen molar-refractivity contribution in [1.29, 1.82) is 0 Å². The van der Waals surface area contributed by atoms with Crippen molar-refractivity contribution in [2.75, 3.05) is 19.6 Å². The summed E-state index contributed by atoms with van der Waals surface area (Å²) in [5.74, 6) is 0.445. The van der Waals surface area contributed by atoms with Gasteiger partial charge in [0.2, 0.25) is 0 Å². The van der Waals surface area contributed by atoms with Gasteiger partial charge in [-0.3, -0.25) is 4.79 Å². The van der Waals surface area contributed by atoms with Crippen molar-refractivity contribution in [3.05, 3.63) is 24.3 Å². The molecule has 1 atom stereocenters. The van der Waals surface area contributed by atoms with E-state index in [1.165, 1.54) is 6.33 Å². The van der Waals surface area contributed by atoms with Crippen LogP contribution in [-0.2, 0) is 0 Å². The first kappa shape index (κ1) is 11.0. The molecule has 1 saturated heterocycles. The van der Waals surface area contributed by atoms with Crippen LogP contribution >= 0.6 is 0 Å². The summed E-state index contributed by atoms with van der Waals surface area (Å²) in [6, 6.07) is 0. The lowest BCUT2D eigenvalue weighted by atomic mass is 9.98. The molecule has 1 aromatic heterocycles. The first-order chi connectivity index (χ1) is 7.81. The molecule has 16 heavy (non-hydrogen) atoms. The summed E-state index contributed by atoms with van der Waals surface area (Å²) in [5, 5.41) is 0. The van der Waals surface area contributed by atoms with Crippen LogP contribution in [-0.4, -0.2) is 40.4 Å². The average Bonchev–Trinajstić information content (AvgIpc) is 2.39. The van der Waals surface area contributed by atoms with Crippen LogP contribution in [0.4, 0.5) is 0 Å². The summed E-state index contributed by atoms with van der Waals surface area (Å²) in [7, 11) is 0. The monoisotopic (exact) mass is 220 g/mol. The Hall–Kier alpha value is -1.49. The lowest BCUT2D eigenvalue weighted by Crippen LogP contribution is -2.42. The van der Waals surface area contributed by atoms with E-state index in [1.54, 1.807) is 12.4 Å². The largest absolute Gasteiger partial charge is 0.338 e. The Morgan fingerprint density at radius 1 is 1.50 bits per heavy atom. The molecule has 5 heteroatoms. The van der Waals surface area contributed by atoms with Crippen LogP contribution in [0.3, 0.4) is 0 Å². The second kappa shape index (κ2) is 5.03. The zero-order valence-corrected chi connectivity index (χ0v) is 9.17. The zero-order chi connectivity index (χ0) is 11.4. The smallest absolute Gasteiger partial charge is 0.256 e. The SMILES string of the molecule is NCC1CCCN(C(=O)c2cncnc2)C1. The van der Waals surface area contributed by atoms with Crippen LogP contribution in [0.25, 0.3) is 0 Å². The summed E-state index contributed by atoms with van der Waals surface area (Å²) in [6.45, 7) is 2.21. The quantitative estimate of drug-likeness (QED) is 0.777. The molecule has 0 bridgehead atoms. The van der Waals surface area contributed by atoms with Crippen molar-refractivity contribution in [2.24, 2.45) is 11.7 Å².